The highest BCUT2D eigenvalue weighted by Crippen LogP contribution is 2.22. The molecule has 0 bridgehead atoms. The minimum absolute atomic E-state index is 0.289. The van der Waals surface area contributed by atoms with E-state index >= 15 is 0 Å². The minimum Gasteiger partial charge on any atom is -0.382 e. The zero-order valence-electron chi connectivity index (χ0n) is 11.9. The second kappa shape index (κ2) is 8.56. The molecule has 0 aromatic carbocycles. The first-order valence-electron chi connectivity index (χ1n) is 6.79. The largest absolute Gasteiger partial charge is 0.382 e. The van der Waals surface area contributed by atoms with Gasteiger partial charge < -0.3 is 10.1 Å². The Kier molecular flexibility index (Phi) is 7.39. The summed E-state index contributed by atoms with van der Waals surface area (Å²) in [7, 11) is 1.75. The number of hydrogen-bond acceptors (Lipinski definition) is 5. The summed E-state index contributed by atoms with van der Waals surface area (Å²) in [5.74, 6) is 0. The van der Waals surface area contributed by atoms with Crippen molar-refractivity contribution in [2.75, 3.05) is 13.7 Å². The smallest absolute Gasteiger partial charge is 0.134 e. The Morgan fingerprint density at radius 2 is 2.11 bits per heavy atom. The first-order valence-corrected chi connectivity index (χ1v) is 7.61. The van der Waals surface area contributed by atoms with Crippen LogP contribution in [0.5, 0.6) is 0 Å². The lowest BCUT2D eigenvalue weighted by Gasteiger charge is -2.12. The number of ether oxygens (including phenoxy) is 1. The molecule has 1 heterocycles. The van der Waals surface area contributed by atoms with Crippen molar-refractivity contribution in [2.24, 2.45) is 0 Å². The van der Waals surface area contributed by atoms with Gasteiger partial charge in [0, 0.05) is 13.5 Å². The van der Waals surface area contributed by atoms with Gasteiger partial charge in [-0.2, -0.15) is 0 Å². The first-order chi connectivity index (χ1) is 8.71. The van der Waals surface area contributed by atoms with E-state index < -0.39 is 0 Å². The standard InChI is InChI=1S/C13H25N3OS/c1-5-9-14-11(6-2)13-16-15-12(18-13)8-7-10(3)17-4/h10-11,14H,5-9H2,1-4H3. The van der Waals surface area contributed by atoms with E-state index in [-0.39, 0.29) is 6.10 Å². The molecule has 0 amide bonds. The van der Waals surface area contributed by atoms with Crippen molar-refractivity contribution < 1.29 is 4.74 Å². The predicted molar refractivity (Wildman–Crippen MR) is 76.0 cm³/mol. The van der Waals surface area contributed by atoms with Gasteiger partial charge in [-0.3, -0.25) is 0 Å². The van der Waals surface area contributed by atoms with Gasteiger partial charge in [0.05, 0.1) is 12.1 Å². The Morgan fingerprint density at radius 1 is 1.33 bits per heavy atom. The second-order valence-corrected chi connectivity index (χ2v) is 5.63. The summed E-state index contributed by atoms with van der Waals surface area (Å²) in [4.78, 5) is 0. The van der Waals surface area contributed by atoms with E-state index in [1.807, 2.05) is 0 Å². The number of nitrogens with one attached hydrogen (secondary N) is 1. The molecular weight excluding hydrogens is 246 g/mol. The molecule has 104 valence electrons. The molecule has 0 saturated carbocycles. The topological polar surface area (TPSA) is 47.0 Å². The molecule has 2 atom stereocenters. The molecular formula is C13H25N3OS. The summed E-state index contributed by atoms with van der Waals surface area (Å²) in [5.41, 5.74) is 0. The summed E-state index contributed by atoms with van der Waals surface area (Å²) in [5, 5.41) is 14.3. The quantitative estimate of drug-likeness (QED) is 0.750. The van der Waals surface area contributed by atoms with Crippen LogP contribution in [-0.2, 0) is 11.2 Å². The molecule has 2 unspecified atom stereocenters. The molecule has 18 heavy (non-hydrogen) atoms. The lowest BCUT2D eigenvalue weighted by molar-refractivity contribution is 0.111. The Hall–Kier alpha value is -0.520. The van der Waals surface area contributed by atoms with E-state index in [4.69, 9.17) is 4.74 Å². The fraction of sp³-hybridized carbons (Fsp3) is 0.846. The molecule has 1 aromatic rings. The lowest BCUT2D eigenvalue weighted by atomic mass is 10.2. The molecule has 1 N–H and O–H groups in total. The molecule has 0 fully saturated rings. The Bertz CT molecular complexity index is 330. The second-order valence-electron chi connectivity index (χ2n) is 4.53. The first kappa shape index (κ1) is 15.5. The number of nitrogens with zero attached hydrogens (tertiary/aromatic N) is 2. The van der Waals surface area contributed by atoms with Gasteiger partial charge >= 0.3 is 0 Å². The van der Waals surface area contributed by atoms with Crippen LogP contribution in [0.1, 0.15) is 56.1 Å². The molecule has 0 aliphatic rings. The Balaban J connectivity index is 2.50. The molecule has 0 spiro atoms. The molecule has 0 radical (unpaired) electrons. The van der Waals surface area contributed by atoms with Crippen LogP contribution >= 0.6 is 11.3 Å². The summed E-state index contributed by atoms with van der Waals surface area (Å²) >= 11 is 1.73. The van der Waals surface area contributed by atoms with Crippen molar-refractivity contribution in [2.45, 2.75) is 58.6 Å². The van der Waals surface area contributed by atoms with Gasteiger partial charge in [0.25, 0.3) is 0 Å². The molecule has 1 rings (SSSR count). The van der Waals surface area contributed by atoms with Gasteiger partial charge in [0.15, 0.2) is 0 Å². The maximum Gasteiger partial charge on any atom is 0.134 e. The third-order valence-electron chi connectivity index (χ3n) is 3.00. The average Bonchev–Trinajstić information content (AvgIpc) is 2.85. The highest BCUT2D eigenvalue weighted by Gasteiger charge is 2.14. The molecule has 5 heteroatoms. The number of aryl methyl sites for hydroxylation is 1. The van der Waals surface area contributed by atoms with E-state index in [9.17, 15) is 0 Å². The number of methoxy groups -OCH3 is 1. The lowest BCUT2D eigenvalue weighted by Crippen LogP contribution is -2.21. The van der Waals surface area contributed by atoms with Crippen LogP contribution in [0.15, 0.2) is 0 Å². The van der Waals surface area contributed by atoms with E-state index in [0.29, 0.717) is 6.04 Å². The van der Waals surface area contributed by atoms with Crippen molar-refractivity contribution >= 4 is 11.3 Å². The van der Waals surface area contributed by atoms with Gasteiger partial charge in [-0.15, -0.1) is 10.2 Å². The van der Waals surface area contributed by atoms with Crippen molar-refractivity contribution in [1.29, 1.82) is 0 Å². The summed E-state index contributed by atoms with van der Waals surface area (Å²) < 4.78 is 5.24. The van der Waals surface area contributed by atoms with Crippen LogP contribution in [0.25, 0.3) is 0 Å². The third kappa shape index (κ3) is 5.00. The van der Waals surface area contributed by atoms with Crippen LogP contribution in [0.4, 0.5) is 0 Å². The summed E-state index contributed by atoms with van der Waals surface area (Å²) in [6.45, 7) is 7.48. The van der Waals surface area contributed by atoms with E-state index in [2.05, 4.69) is 36.3 Å². The van der Waals surface area contributed by atoms with Crippen molar-refractivity contribution in [3.05, 3.63) is 10.0 Å². The van der Waals surface area contributed by atoms with Crippen LogP contribution in [-0.4, -0.2) is 30.0 Å². The van der Waals surface area contributed by atoms with E-state index in [1.165, 1.54) is 0 Å². The summed E-state index contributed by atoms with van der Waals surface area (Å²) in [6.07, 6.45) is 4.45. The van der Waals surface area contributed by atoms with Crippen LogP contribution < -0.4 is 5.32 Å². The number of aromatic nitrogens is 2. The molecule has 4 nitrogen and oxygen atoms in total. The van der Waals surface area contributed by atoms with E-state index in [0.717, 1.165) is 42.2 Å². The van der Waals surface area contributed by atoms with Crippen molar-refractivity contribution in [3.8, 4) is 0 Å². The van der Waals surface area contributed by atoms with Crippen LogP contribution in [0.3, 0.4) is 0 Å². The van der Waals surface area contributed by atoms with E-state index in [1.54, 1.807) is 18.4 Å². The molecule has 1 aromatic heterocycles. The molecule has 0 saturated heterocycles. The SMILES string of the molecule is CCCNC(CC)c1nnc(CCC(C)OC)s1. The third-order valence-corrected chi connectivity index (χ3v) is 4.09. The Labute approximate surface area is 114 Å². The van der Waals surface area contributed by atoms with Crippen molar-refractivity contribution in [1.82, 2.24) is 15.5 Å². The number of hydrogen-bond donors (Lipinski definition) is 1. The Morgan fingerprint density at radius 3 is 2.72 bits per heavy atom. The van der Waals surface area contributed by atoms with Gasteiger partial charge in [-0.25, -0.2) is 0 Å². The van der Waals surface area contributed by atoms with Gasteiger partial charge in [0.1, 0.15) is 10.0 Å². The fourth-order valence-corrected chi connectivity index (χ4v) is 2.69. The van der Waals surface area contributed by atoms with Gasteiger partial charge in [-0.1, -0.05) is 25.2 Å². The van der Waals surface area contributed by atoms with Gasteiger partial charge in [-0.05, 0) is 32.7 Å². The number of rotatable bonds is 9. The van der Waals surface area contributed by atoms with Crippen molar-refractivity contribution in [3.63, 3.8) is 0 Å². The van der Waals surface area contributed by atoms with Gasteiger partial charge in [0.2, 0.25) is 0 Å². The monoisotopic (exact) mass is 271 g/mol. The predicted octanol–water partition coefficient (Wildman–Crippen LogP) is 2.96. The molecule has 0 aliphatic carbocycles. The van der Waals surface area contributed by atoms with Crippen LogP contribution in [0.2, 0.25) is 0 Å². The zero-order chi connectivity index (χ0) is 13.4. The zero-order valence-corrected chi connectivity index (χ0v) is 12.7. The minimum atomic E-state index is 0.289. The van der Waals surface area contributed by atoms with Crippen LogP contribution in [0, 0.1) is 0 Å². The maximum atomic E-state index is 5.24. The normalized spacial score (nSPS) is 14.7. The maximum absolute atomic E-state index is 5.24. The average molecular weight is 271 g/mol. The highest BCUT2D eigenvalue weighted by atomic mass is 32.1. The summed E-state index contributed by atoms with van der Waals surface area (Å²) in [6, 6.07) is 0.357. The molecule has 0 aliphatic heterocycles. The highest BCUT2D eigenvalue weighted by molar-refractivity contribution is 7.11. The fourth-order valence-electron chi connectivity index (χ4n) is 1.68.